The lowest BCUT2D eigenvalue weighted by atomic mass is 10.2. The van der Waals surface area contributed by atoms with E-state index in [1.165, 1.54) is 0 Å². The minimum atomic E-state index is -0.255. The molecular formula is C22H21N5O3. The van der Waals surface area contributed by atoms with Crippen LogP contribution in [-0.2, 0) is 0 Å². The maximum atomic E-state index is 13.0. The summed E-state index contributed by atoms with van der Waals surface area (Å²) < 4.78 is 12.7. The number of amides is 1. The maximum absolute atomic E-state index is 13.0. The SMILES string of the molecule is CCCCNC(=O)c1c(N)n(-c2ccc3c(c2)OCO3)c2nc3ccccc3nc12. The lowest BCUT2D eigenvalue weighted by molar-refractivity contribution is 0.0955. The van der Waals surface area contributed by atoms with Crippen molar-refractivity contribution in [3.63, 3.8) is 0 Å². The molecule has 0 unspecified atom stereocenters. The maximum Gasteiger partial charge on any atom is 0.257 e. The van der Waals surface area contributed by atoms with Gasteiger partial charge in [-0.3, -0.25) is 9.36 Å². The predicted molar refractivity (Wildman–Crippen MR) is 114 cm³/mol. The molecule has 0 atom stereocenters. The molecule has 0 saturated heterocycles. The van der Waals surface area contributed by atoms with E-state index in [9.17, 15) is 4.79 Å². The first-order valence-electron chi connectivity index (χ1n) is 9.92. The molecule has 1 amide bonds. The van der Waals surface area contributed by atoms with Crippen molar-refractivity contribution in [3.05, 3.63) is 48.0 Å². The molecule has 152 valence electrons. The zero-order valence-corrected chi connectivity index (χ0v) is 16.5. The second-order valence-corrected chi connectivity index (χ2v) is 7.13. The van der Waals surface area contributed by atoms with Crippen molar-refractivity contribution in [2.75, 3.05) is 19.1 Å². The van der Waals surface area contributed by atoms with Gasteiger partial charge >= 0.3 is 0 Å². The van der Waals surface area contributed by atoms with E-state index in [1.54, 1.807) is 4.57 Å². The van der Waals surface area contributed by atoms with E-state index in [-0.39, 0.29) is 18.5 Å². The number of rotatable bonds is 5. The van der Waals surface area contributed by atoms with Crippen molar-refractivity contribution < 1.29 is 14.3 Å². The standard InChI is InChI=1S/C22H21N5O3/c1-2-3-10-24-22(28)18-19-21(26-15-7-5-4-6-14(15)25-19)27(20(18)23)13-8-9-16-17(11-13)30-12-29-16/h4-9,11H,2-3,10,12,23H2,1H3,(H,24,28). The van der Waals surface area contributed by atoms with Crippen LogP contribution in [-0.4, -0.2) is 33.8 Å². The summed E-state index contributed by atoms with van der Waals surface area (Å²) >= 11 is 0. The minimum Gasteiger partial charge on any atom is -0.454 e. The molecule has 8 heteroatoms. The van der Waals surface area contributed by atoms with E-state index in [1.807, 2.05) is 42.5 Å². The van der Waals surface area contributed by atoms with Crippen LogP contribution < -0.4 is 20.5 Å². The van der Waals surface area contributed by atoms with Gasteiger partial charge in [0.05, 0.1) is 16.7 Å². The molecule has 0 spiro atoms. The molecule has 3 N–H and O–H groups in total. The van der Waals surface area contributed by atoms with E-state index in [0.29, 0.717) is 40.3 Å². The van der Waals surface area contributed by atoms with Crippen LogP contribution in [0.5, 0.6) is 11.5 Å². The van der Waals surface area contributed by atoms with Gasteiger partial charge in [0.1, 0.15) is 16.9 Å². The Labute approximate surface area is 172 Å². The molecule has 0 saturated carbocycles. The number of carbonyl (C=O) groups is 1. The lowest BCUT2D eigenvalue weighted by Gasteiger charge is -2.09. The quantitative estimate of drug-likeness (QED) is 0.495. The zero-order chi connectivity index (χ0) is 20.7. The number of para-hydroxylation sites is 2. The second kappa shape index (κ2) is 7.22. The Morgan fingerprint density at radius 3 is 2.70 bits per heavy atom. The van der Waals surface area contributed by atoms with Crippen molar-refractivity contribution in [2.45, 2.75) is 19.8 Å². The average molecular weight is 403 g/mol. The molecule has 8 nitrogen and oxygen atoms in total. The molecule has 3 heterocycles. The number of ether oxygens (including phenoxy) is 2. The van der Waals surface area contributed by atoms with Gasteiger partial charge in [-0.1, -0.05) is 25.5 Å². The average Bonchev–Trinajstić information content (AvgIpc) is 3.33. The Bertz CT molecular complexity index is 1280. The molecule has 0 fully saturated rings. The summed E-state index contributed by atoms with van der Waals surface area (Å²) in [5, 5.41) is 2.94. The molecule has 2 aromatic carbocycles. The summed E-state index contributed by atoms with van der Waals surface area (Å²) in [6, 6.07) is 13.1. The fraction of sp³-hybridized carbons (Fsp3) is 0.227. The van der Waals surface area contributed by atoms with Crippen LogP contribution in [0.4, 0.5) is 5.82 Å². The summed E-state index contributed by atoms with van der Waals surface area (Å²) in [6.45, 7) is 2.83. The summed E-state index contributed by atoms with van der Waals surface area (Å²) in [4.78, 5) is 22.5. The van der Waals surface area contributed by atoms with Crippen LogP contribution >= 0.6 is 0 Å². The highest BCUT2D eigenvalue weighted by Gasteiger charge is 2.25. The van der Waals surface area contributed by atoms with Gasteiger partial charge in [0.2, 0.25) is 6.79 Å². The topological polar surface area (TPSA) is 104 Å². The Kier molecular flexibility index (Phi) is 4.39. The Hall–Kier alpha value is -3.81. The highest BCUT2D eigenvalue weighted by molar-refractivity contribution is 6.11. The second-order valence-electron chi connectivity index (χ2n) is 7.13. The number of nitrogens with one attached hydrogen (secondary N) is 1. The molecule has 0 bridgehead atoms. The number of aromatic nitrogens is 3. The Balaban J connectivity index is 1.74. The van der Waals surface area contributed by atoms with Gasteiger partial charge in [-0.25, -0.2) is 9.97 Å². The Morgan fingerprint density at radius 1 is 1.13 bits per heavy atom. The van der Waals surface area contributed by atoms with Crippen molar-refractivity contribution >= 4 is 33.9 Å². The first-order valence-corrected chi connectivity index (χ1v) is 9.92. The minimum absolute atomic E-state index is 0.177. The van der Waals surface area contributed by atoms with Gasteiger partial charge < -0.3 is 20.5 Å². The van der Waals surface area contributed by atoms with E-state index in [2.05, 4.69) is 12.2 Å². The van der Waals surface area contributed by atoms with Crippen LogP contribution in [0, 0.1) is 0 Å². The molecule has 2 aromatic heterocycles. The van der Waals surface area contributed by atoms with Crippen LogP contribution in [0.2, 0.25) is 0 Å². The number of benzene rings is 2. The zero-order valence-electron chi connectivity index (χ0n) is 16.5. The molecule has 0 aliphatic carbocycles. The number of hydrogen-bond acceptors (Lipinski definition) is 6. The summed E-state index contributed by atoms with van der Waals surface area (Å²) in [5.41, 5.74) is 9.98. The first-order chi connectivity index (χ1) is 14.7. The van der Waals surface area contributed by atoms with Crippen LogP contribution in [0.15, 0.2) is 42.5 Å². The number of carbonyl (C=O) groups excluding carboxylic acids is 1. The normalized spacial score (nSPS) is 12.6. The van der Waals surface area contributed by atoms with Crippen molar-refractivity contribution in [1.82, 2.24) is 19.9 Å². The number of unbranched alkanes of at least 4 members (excludes halogenated alkanes) is 1. The Morgan fingerprint density at radius 2 is 1.90 bits per heavy atom. The molecule has 1 aliphatic rings. The molecular weight excluding hydrogens is 382 g/mol. The first kappa shape index (κ1) is 18.2. The molecule has 0 radical (unpaired) electrons. The fourth-order valence-corrected chi connectivity index (χ4v) is 3.64. The largest absolute Gasteiger partial charge is 0.454 e. The highest BCUT2D eigenvalue weighted by atomic mass is 16.7. The van der Waals surface area contributed by atoms with Gasteiger partial charge in [-0.15, -0.1) is 0 Å². The van der Waals surface area contributed by atoms with Gasteiger partial charge in [-0.2, -0.15) is 0 Å². The van der Waals surface area contributed by atoms with Gasteiger partial charge in [-0.05, 0) is 30.7 Å². The van der Waals surface area contributed by atoms with Crippen molar-refractivity contribution in [1.29, 1.82) is 0 Å². The van der Waals surface area contributed by atoms with Gasteiger partial charge in [0, 0.05) is 12.6 Å². The highest BCUT2D eigenvalue weighted by Crippen LogP contribution is 2.37. The van der Waals surface area contributed by atoms with Crippen molar-refractivity contribution in [2.24, 2.45) is 0 Å². The summed E-state index contributed by atoms with van der Waals surface area (Å²) in [6.07, 6.45) is 1.88. The number of nitrogens with two attached hydrogens (primary N) is 1. The summed E-state index contributed by atoms with van der Waals surface area (Å²) in [7, 11) is 0. The van der Waals surface area contributed by atoms with Gasteiger partial charge in [0.25, 0.3) is 5.91 Å². The number of fused-ring (bicyclic) bond motifs is 3. The van der Waals surface area contributed by atoms with Crippen molar-refractivity contribution in [3.8, 4) is 17.2 Å². The third kappa shape index (κ3) is 2.88. The smallest absolute Gasteiger partial charge is 0.257 e. The molecule has 1 aliphatic heterocycles. The molecule has 5 rings (SSSR count). The van der Waals surface area contributed by atoms with E-state index in [0.717, 1.165) is 24.0 Å². The lowest BCUT2D eigenvalue weighted by Crippen LogP contribution is -2.25. The molecule has 30 heavy (non-hydrogen) atoms. The van der Waals surface area contributed by atoms with E-state index in [4.69, 9.17) is 25.2 Å². The van der Waals surface area contributed by atoms with Gasteiger partial charge in [0.15, 0.2) is 17.1 Å². The molecule has 4 aromatic rings. The number of anilines is 1. The number of nitrogen functional groups attached to an aromatic ring is 1. The number of hydrogen-bond donors (Lipinski definition) is 2. The van der Waals surface area contributed by atoms with Crippen LogP contribution in [0.1, 0.15) is 30.1 Å². The van der Waals surface area contributed by atoms with Crippen LogP contribution in [0.25, 0.3) is 27.9 Å². The third-order valence-electron chi connectivity index (χ3n) is 5.16. The van der Waals surface area contributed by atoms with E-state index < -0.39 is 0 Å². The summed E-state index contributed by atoms with van der Waals surface area (Å²) in [5.74, 6) is 1.32. The van der Waals surface area contributed by atoms with E-state index >= 15 is 0 Å². The predicted octanol–water partition coefficient (Wildman–Crippen LogP) is 3.41. The monoisotopic (exact) mass is 403 g/mol. The third-order valence-corrected chi connectivity index (χ3v) is 5.16. The van der Waals surface area contributed by atoms with Crippen LogP contribution in [0.3, 0.4) is 0 Å². The number of nitrogens with zero attached hydrogens (tertiary/aromatic N) is 3. The fourth-order valence-electron chi connectivity index (χ4n) is 3.64.